The third-order valence-electron chi connectivity index (χ3n) is 2.26. The van der Waals surface area contributed by atoms with E-state index >= 15 is 0 Å². The first-order chi connectivity index (χ1) is 8.27. The summed E-state index contributed by atoms with van der Waals surface area (Å²) >= 11 is 0. The number of esters is 1. The molecule has 0 aliphatic carbocycles. The highest BCUT2D eigenvalue weighted by atomic mass is 16.5. The second-order valence-electron chi connectivity index (χ2n) is 3.58. The molecule has 0 heterocycles. The van der Waals surface area contributed by atoms with E-state index < -0.39 is 0 Å². The van der Waals surface area contributed by atoms with Gasteiger partial charge in [-0.1, -0.05) is 12.1 Å². The summed E-state index contributed by atoms with van der Waals surface area (Å²) in [6, 6.07) is 6.35. The molecule has 92 valence electrons. The quantitative estimate of drug-likeness (QED) is 0.413. The number of carbonyl (C=O) groups is 2. The van der Waals surface area contributed by atoms with Crippen molar-refractivity contribution in [3.05, 3.63) is 35.4 Å². The molecule has 17 heavy (non-hydrogen) atoms. The maximum Gasteiger partial charge on any atom is 0.338 e. The Morgan fingerprint density at radius 3 is 2.41 bits per heavy atom. The molecule has 0 saturated heterocycles. The van der Waals surface area contributed by atoms with Crippen LogP contribution in [0, 0.1) is 0 Å². The Morgan fingerprint density at radius 1 is 1.18 bits per heavy atom. The van der Waals surface area contributed by atoms with Crippen molar-refractivity contribution in [2.24, 2.45) is 0 Å². The molecule has 0 atom stereocenters. The average molecular weight is 236 g/mol. The summed E-state index contributed by atoms with van der Waals surface area (Å²) in [7, 11) is 1.64. The summed E-state index contributed by atoms with van der Waals surface area (Å²) in [6.45, 7) is 1.06. The van der Waals surface area contributed by atoms with E-state index in [9.17, 15) is 9.59 Å². The van der Waals surface area contributed by atoms with Crippen LogP contribution in [0.25, 0.3) is 0 Å². The largest absolute Gasteiger partial charge is 0.462 e. The van der Waals surface area contributed by atoms with E-state index in [1.807, 2.05) is 0 Å². The Hall–Kier alpha value is -1.68. The second kappa shape index (κ2) is 7.57. The topological polar surface area (TPSA) is 52.6 Å². The van der Waals surface area contributed by atoms with Gasteiger partial charge in [0.1, 0.15) is 6.29 Å². The minimum atomic E-state index is -0.361. The highest BCUT2D eigenvalue weighted by Gasteiger charge is 2.06. The molecule has 4 nitrogen and oxygen atoms in total. The van der Waals surface area contributed by atoms with Crippen LogP contribution in [0.3, 0.4) is 0 Å². The van der Waals surface area contributed by atoms with Crippen molar-refractivity contribution in [3.63, 3.8) is 0 Å². The van der Waals surface area contributed by atoms with Crippen molar-refractivity contribution < 1.29 is 19.1 Å². The van der Waals surface area contributed by atoms with Gasteiger partial charge in [0, 0.05) is 19.3 Å². The third kappa shape index (κ3) is 4.78. The molecule has 0 saturated carbocycles. The minimum Gasteiger partial charge on any atom is -0.462 e. The fraction of sp³-hybridized carbons (Fsp3) is 0.385. The van der Waals surface area contributed by atoms with Crippen molar-refractivity contribution in [2.75, 3.05) is 20.3 Å². The van der Waals surface area contributed by atoms with Crippen LogP contribution in [0.2, 0.25) is 0 Å². The molecule has 0 radical (unpaired) electrons. The third-order valence-corrected chi connectivity index (χ3v) is 2.26. The van der Waals surface area contributed by atoms with E-state index in [0.29, 0.717) is 24.3 Å². The van der Waals surface area contributed by atoms with Crippen molar-refractivity contribution in [2.45, 2.75) is 12.8 Å². The Morgan fingerprint density at radius 2 is 1.82 bits per heavy atom. The van der Waals surface area contributed by atoms with Crippen LogP contribution >= 0.6 is 0 Å². The van der Waals surface area contributed by atoms with E-state index in [-0.39, 0.29) is 5.97 Å². The molecule has 0 unspecified atom stereocenters. The van der Waals surface area contributed by atoms with Crippen molar-refractivity contribution in [1.29, 1.82) is 0 Å². The molecule has 1 rings (SSSR count). The summed E-state index contributed by atoms with van der Waals surface area (Å²) in [5.74, 6) is -0.361. The van der Waals surface area contributed by atoms with Crippen molar-refractivity contribution >= 4 is 12.3 Å². The van der Waals surface area contributed by atoms with Gasteiger partial charge in [-0.3, -0.25) is 4.79 Å². The number of benzene rings is 1. The summed E-state index contributed by atoms with van der Waals surface area (Å²) in [5, 5.41) is 0. The molecule has 0 amide bonds. The van der Waals surface area contributed by atoms with Gasteiger partial charge in [0.2, 0.25) is 0 Å². The molecular weight excluding hydrogens is 220 g/mol. The summed E-state index contributed by atoms with van der Waals surface area (Å²) in [5.41, 5.74) is 1.00. The molecule has 0 aromatic heterocycles. The lowest BCUT2D eigenvalue weighted by molar-refractivity contribution is 0.0489. The Bertz CT molecular complexity index is 356. The van der Waals surface area contributed by atoms with E-state index in [2.05, 4.69) is 0 Å². The first kappa shape index (κ1) is 13.4. The molecular formula is C13H16O4. The lowest BCUT2D eigenvalue weighted by Crippen LogP contribution is -2.07. The van der Waals surface area contributed by atoms with Crippen LogP contribution in [-0.4, -0.2) is 32.6 Å². The van der Waals surface area contributed by atoms with Crippen molar-refractivity contribution in [1.82, 2.24) is 0 Å². The molecule has 0 aliphatic heterocycles. The highest BCUT2D eigenvalue weighted by molar-refractivity contribution is 5.90. The lowest BCUT2D eigenvalue weighted by atomic mass is 10.1. The number of aldehydes is 1. The fourth-order valence-electron chi connectivity index (χ4n) is 1.29. The second-order valence-corrected chi connectivity index (χ2v) is 3.58. The molecule has 0 N–H and O–H groups in total. The molecule has 0 fully saturated rings. The number of hydrogen-bond donors (Lipinski definition) is 0. The van der Waals surface area contributed by atoms with Crippen LogP contribution < -0.4 is 0 Å². The summed E-state index contributed by atoms with van der Waals surface area (Å²) < 4.78 is 9.95. The Balaban J connectivity index is 2.33. The number of rotatable bonds is 7. The number of ether oxygens (including phenoxy) is 2. The zero-order chi connectivity index (χ0) is 12.5. The maximum absolute atomic E-state index is 11.5. The van der Waals surface area contributed by atoms with Gasteiger partial charge < -0.3 is 9.47 Å². The van der Waals surface area contributed by atoms with E-state index in [1.54, 1.807) is 31.4 Å². The van der Waals surface area contributed by atoms with Crippen LogP contribution in [0.4, 0.5) is 0 Å². The van der Waals surface area contributed by atoms with E-state index in [4.69, 9.17) is 9.47 Å². The van der Waals surface area contributed by atoms with Gasteiger partial charge >= 0.3 is 5.97 Å². The van der Waals surface area contributed by atoms with Gasteiger partial charge in [-0.15, -0.1) is 0 Å². The molecule has 1 aromatic rings. The van der Waals surface area contributed by atoms with E-state index in [1.165, 1.54) is 0 Å². The predicted molar refractivity (Wildman–Crippen MR) is 63.2 cm³/mol. The number of carbonyl (C=O) groups excluding carboxylic acids is 2. The van der Waals surface area contributed by atoms with Gasteiger partial charge in [-0.05, 0) is 25.0 Å². The van der Waals surface area contributed by atoms with Gasteiger partial charge in [-0.2, -0.15) is 0 Å². The first-order valence-corrected chi connectivity index (χ1v) is 5.49. The molecule has 0 bridgehead atoms. The minimum absolute atomic E-state index is 0.361. The zero-order valence-electron chi connectivity index (χ0n) is 9.85. The van der Waals surface area contributed by atoms with Crippen LogP contribution in [0.15, 0.2) is 24.3 Å². The smallest absolute Gasteiger partial charge is 0.338 e. The van der Waals surface area contributed by atoms with Gasteiger partial charge in [0.05, 0.1) is 12.2 Å². The maximum atomic E-state index is 11.5. The lowest BCUT2D eigenvalue weighted by Gasteiger charge is -2.04. The Labute approximate surface area is 101 Å². The number of unbranched alkanes of at least 4 members (excludes halogenated alkanes) is 1. The molecule has 1 aromatic carbocycles. The Kier molecular flexibility index (Phi) is 5.96. The number of hydrogen-bond acceptors (Lipinski definition) is 4. The highest BCUT2D eigenvalue weighted by Crippen LogP contribution is 2.05. The summed E-state index contributed by atoms with van der Waals surface area (Å²) in [4.78, 5) is 22.0. The normalized spacial score (nSPS) is 9.94. The fourth-order valence-corrected chi connectivity index (χ4v) is 1.29. The number of methoxy groups -OCH3 is 1. The van der Waals surface area contributed by atoms with Crippen LogP contribution in [0.5, 0.6) is 0 Å². The van der Waals surface area contributed by atoms with Crippen LogP contribution in [-0.2, 0) is 9.47 Å². The van der Waals surface area contributed by atoms with Gasteiger partial charge in [0.15, 0.2) is 0 Å². The standard InChI is InChI=1S/C13H16O4/c1-16-8-2-3-9-17-13(15)12-6-4-11(10-14)5-7-12/h4-7,10H,2-3,8-9H2,1H3. The monoisotopic (exact) mass is 236 g/mol. The first-order valence-electron chi connectivity index (χ1n) is 5.49. The summed E-state index contributed by atoms with van der Waals surface area (Å²) in [6.07, 6.45) is 2.39. The molecule has 0 spiro atoms. The molecule has 0 aliphatic rings. The zero-order valence-corrected chi connectivity index (χ0v) is 9.85. The van der Waals surface area contributed by atoms with Gasteiger partial charge in [0.25, 0.3) is 0 Å². The molecule has 4 heteroatoms. The van der Waals surface area contributed by atoms with Crippen LogP contribution in [0.1, 0.15) is 33.6 Å². The van der Waals surface area contributed by atoms with Gasteiger partial charge in [-0.25, -0.2) is 4.79 Å². The predicted octanol–water partition coefficient (Wildman–Crippen LogP) is 2.08. The van der Waals surface area contributed by atoms with Crippen molar-refractivity contribution in [3.8, 4) is 0 Å². The van der Waals surface area contributed by atoms with E-state index in [0.717, 1.165) is 19.1 Å². The average Bonchev–Trinajstić information content (AvgIpc) is 2.38. The SMILES string of the molecule is COCCCCOC(=O)c1ccc(C=O)cc1.